The molecule has 2 amide bonds. The number of morpholine rings is 1. The van der Waals surface area contributed by atoms with Crippen LogP contribution < -0.4 is 10.2 Å². The Kier molecular flexibility index (Phi) is 5.90. The normalized spacial score (nSPS) is 21.6. The number of rotatable bonds is 3. The molecule has 0 saturated carbocycles. The van der Waals surface area contributed by atoms with E-state index in [4.69, 9.17) is 4.74 Å². The smallest absolute Gasteiger partial charge is 0.378 e. The first-order chi connectivity index (χ1) is 12.4. The van der Waals surface area contributed by atoms with Crippen LogP contribution in [0.1, 0.15) is 18.4 Å². The van der Waals surface area contributed by atoms with E-state index in [2.05, 4.69) is 10.2 Å². The predicted molar refractivity (Wildman–Crippen MR) is 92.1 cm³/mol. The number of ether oxygens (including phenoxy) is 1. The summed E-state index contributed by atoms with van der Waals surface area (Å²) in [5, 5.41) is 2.78. The molecule has 2 fully saturated rings. The summed E-state index contributed by atoms with van der Waals surface area (Å²) in [6.07, 6.45) is -3.78. The molecule has 1 aromatic carbocycles. The molecule has 1 unspecified atom stereocenters. The maximum Gasteiger partial charge on any atom is 0.393 e. The van der Waals surface area contributed by atoms with Crippen LogP contribution in [-0.2, 0) is 11.3 Å². The molecule has 26 heavy (non-hydrogen) atoms. The molecular formula is C18H24F3N3O2. The number of halogens is 3. The van der Waals surface area contributed by atoms with Crippen molar-refractivity contribution >= 4 is 11.7 Å². The van der Waals surface area contributed by atoms with Crippen molar-refractivity contribution in [3.63, 3.8) is 0 Å². The summed E-state index contributed by atoms with van der Waals surface area (Å²) in [7, 11) is 0. The number of urea groups is 1. The SMILES string of the molecule is O=C(NCc1ccccc1N1CCOCC1)N1CCCC(C(F)(F)F)C1. The number of anilines is 1. The Morgan fingerprint density at radius 2 is 1.92 bits per heavy atom. The lowest BCUT2D eigenvalue weighted by molar-refractivity contribution is -0.184. The second kappa shape index (κ2) is 8.16. The summed E-state index contributed by atoms with van der Waals surface area (Å²) < 4.78 is 44.1. The van der Waals surface area contributed by atoms with Gasteiger partial charge in [0.25, 0.3) is 0 Å². The quantitative estimate of drug-likeness (QED) is 0.888. The molecule has 5 nitrogen and oxygen atoms in total. The summed E-state index contributed by atoms with van der Waals surface area (Å²) >= 11 is 0. The molecule has 2 saturated heterocycles. The topological polar surface area (TPSA) is 44.8 Å². The minimum absolute atomic E-state index is 0.0904. The van der Waals surface area contributed by atoms with Gasteiger partial charge in [-0.05, 0) is 24.5 Å². The van der Waals surface area contributed by atoms with Crippen LogP contribution in [0.4, 0.5) is 23.7 Å². The van der Waals surface area contributed by atoms with Gasteiger partial charge in [-0.25, -0.2) is 4.79 Å². The molecule has 2 heterocycles. The molecule has 0 bridgehead atoms. The molecule has 144 valence electrons. The number of para-hydroxylation sites is 1. The number of piperidine rings is 1. The monoisotopic (exact) mass is 371 g/mol. The highest BCUT2D eigenvalue weighted by Crippen LogP contribution is 2.33. The Morgan fingerprint density at radius 3 is 2.65 bits per heavy atom. The van der Waals surface area contributed by atoms with E-state index in [-0.39, 0.29) is 13.0 Å². The second-order valence-corrected chi connectivity index (χ2v) is 6.71. The number of carbonyl (C=O) groups excluding carboxylic acids is 1. The van der Waals surface area contributed by atoms with Gasteiger partial charge in [-0.15, -0.1) is 0 Å². The number of amides is 2. The molecule has 0 radical (unpaired) electrons. The molecule has 2 aliphatic heterocycles. The van der Waals surface area contributed by atoms with Crippen molar-refractivity contribution in [3.05, 3.63) is 29.8 Å². The van der Waals surface area contributed by atoms with Gasteiger partial charge in [-0.1, -0.05) is 18.2 Å². The molecule has 0 spiro atoms. The average molecular weight is 371 g/mol. The van der Waals surface area contributed by atoms with Gasteiger partial charge in [0, 0.05) is 38.4 Å². The van der Waals surface area contributed by atoms with Crippen molar-refractivity contribution in [3.8, 4) is 0 Å². The fourth-order valence-electron chi connectivity index (χ4n) is 3.48. The molecule has 8 heteroatoms. The van der Waals surface area contributed by atoms with E-state index in [9.17, 15) is 18.0 Å². The number of alkyl halides is 3. The van der Waals surface area contributed by atoms with Crippen molar-refractivity contribution < 1.29 is 22.7 Å². The van der Waals surface area contributed by atoms with Crippen LogP contribution in [0.2, 0.25) is 0 Å². The lowest BCUT2D eigenvalue weighted by Crippen LogP contribution is -2.48. The van der Waals surface area contributed by atoms with Crippen LogP contribution in [0.5, 0.6) is 0 Å². The van der Waals surface area contributed by atoms with Gasteiger partial charge in [0.05, 0.1) is 19.1 Å². The maximum atomic E-state index is 12.9. The van der Waals surface area contributed by atoms with Crippen LogP contribution in [0.15, 0.2) is 24.3 Å². The summed E-state index contributed by atoms with van der Waals surface area (Å²) in [6.45, 7) is 3.28. The Hall–Kier alpha value is -1.96. The van der Waals surface area contributed by atoms with Crippen LogP contribution in [0.3, 0.4) is 0 Å². The van der Waals surface area contributed by atoms with Crippen LogP contribution >= 0.6 is 0 Å². The Balaban J connectivity index is 1.59. The number of nitrogens with one attached hydrogen (secondary N) is 1. The van der Waals surface area contributed by atoms with Gasteiger partial charge in [-0.2, -0.15) is 13.2 Å². The number of hydrogen-bond donors (Lipinski definition) is 1. The summed E-state index contributed by atoms with van der Waals surface area (Å²) in [6, 6.07) is 7.32. The minimum Gasteiger partial charge on any atom is -0.378 e. The number of carbonyl (C=O) groups is 1. The van der Waals surface area contributed by atoms with E-state index in [1.807, 2.05) is 24.3 Å². The molecular weight excluding hydrogens is 347 g/mol. The van der Waals surface area contributed by atoms with Crippen molar-refractivity contribution in [2.45, 2.75) is 25.6 Å². The largest absolute Gasteiger partial charge is 0.393 e. The molecule has 3 rings (SSSR count). The highest BCUT2D eigenvalue weighted by atomic mass is 19.4. The third-order valence-corrected chi connectivity index (χ3v) is 4.94. The van der Waals surface area contributed by atoms with Crippen molar-refractivity contribution in [2.24, 2.45) is 5.92 Å². The highest BCUT2D eigenvalue weighted by Gasteiger charge is 2.42. The van der Waals surface area contributed by atoms with Crippen LogP contribution in [0.25, 0.3) is 0 Å². The first-order valence-electron chi connectivity index (χ1n) is 8.95. The number of hydrogen-bond acceptors (Lipinski definition) is 3. The predicted octanol–water partition coefficient (Wildman–Crippen LogP) is 3.01. The van der Waals surface area contributed by atoms with Gasteiger partial charge in [0.1, 0.15) is 0 Å². The third kappa shape index (κ3) is 4.60. The first kappa shape index (κ1) is 18.8. The average Bonchev–Trinajstić information content (AvgIpc) is 2.66. The zero-order chi connectivity index (χ0) is 18.6. The Labute approximate surface area is 151 Å². The third-order valence-electron chi connectivity index (χ3n) is 4.94. The van der Waals surface area contributed by atoms with Crippen molar-refractivity contribution in [1.29, 1.82) is 0 Å². The van der Waals surface area contributed by atoms with E-state index in [1.54, 1.807) is 0 Å². The zero-order valence-corrected chi connectivity index (χ0v) is 14.6. The highest BCUT2D eigenvalue weighted by molar-refractivity contribution is 5.74. The number of likely N-dealkylation sites (tertiary alicyclic amines) is 1. The van der Waals surface area contributed by atoms with E-state index in [0.29, 0.717) is 32.7 Å². The van der Waals surface area contributed by atoms with Gasteiger partial charge in [0.2, 0.25) is 0 Å². The molecule has 2 aliphatic rings. The molecule has 0 aliphatic carbocycles. The summed E-state index contributed by atoms with van der Waals surface area (Å²) in [5.74, 6) is -1.43. The fourth-order valence-corrected chi connectivity index (χ4v) is 3.48. The van der Waals surface area contributed by atoms with E-state index in [0.717, 1.165) is 24.3 Å². The lowest BCUT2D eigenvalue weighted by Gasteiger charge is -2.34. The number of nitrogens with zero attached hydrogens (tertiary/aromatic N) is 2. The first-order valence-corrected chi connectivity index (χ1v) is 8.95. The second-order valence-electron chi connectivity index (χ2n) is 6.71. The van der Waals surface area contributed by atoms with Gasteiger partial charge in [0.15, 0.2) is 0 Å². The lowest BCUT2D eigenvalue weighted by atomic mass is 9.98. The molecule has 1 atom stereocenters. The maximum absolute atomic E-state index is 12.9. The van der Waals surface area contributed by atoms with E-state index in [1.165, 1.54) is 4.90 Å². The fraction of sp³-hybridized carbons (Fsp3) is 0.611. The van der Waals surface area contributed by atoms with Crippen LogP contribution in [-0.4, -0.2) is 56.5 Å². The van der Waals surface area contributed by atoms with Crippen LogP contribution in [0, 0.1) is 5.92 Å². The molecule has 1 aromatic rings. The van der Waals surface area contributed by atoms with Gasteiger partial charge in [-0.3, -0.25) is 0 Å². The summed E-state index contributed by atoms with van der Waals surface area (Å²) in [5.41, 5.74) is 1.98. The van der Waals surface area contributed by atoms with E-state index < -0.39 is 18.1 Å². The number of benzene rings is 1. The molecule has 0 aromatic heterocycles. The standard InChI is InChI=1S/C18H24F3N3O2/c19-18(20,21)15-5-3-7-24(13-15)17(25)22-12-14-4-1-2-6-16(14)23-8-10-26-11-9-23/h1-2,4,6,15H,3,5,7-13H2,(H,22,25). The van der Waals surface area contributed by atoms with Gasteiger partial charge < -0.3 is 19.9 Å². The van der Waals surface area contributed by atoms with E-state index >= 15 is 0 Å². The minimum atomic E-state index is -4.25. The van der Waals surface area contributed by atoms with Crippen molar-refractivity contribution in [2.75, 3.05) is 44.3 Å². The Bertz CT molecular complexity index is 618. The van der Waals surface area contributed by atoms with Crippen molar-refractivity contribution in [1.82, 2.24) is 10.2 Å². The van der Waals surface area contributed by atoms with Gasteiger partial charge >= 0.3 is 12.2 Å². The Morgan fingerprint density at radius 1 is 1.19 bits per heavy atom. The summed E-state index contributed by atoms with van der Waals surface area (Å²) in [4.78, 5) is 15.8. The zero-order valence-electron chi connectivity index (χ0n) is 14.6. The molecule has 1 N–H and O–H groups in total.